The second kappa shape index (κ2) is 8.94. The summed E-state index contributed by atoms with van der Waals surface area (Å²) in [5.41, 5.74) is 2.21. The summed E-state index contributed by atoms with van der Waals surface area (Å²) in [4.78, 5) is 11.8. The monoisotopic (exact) mass is 411 g/mol. The highest BCUT2D eigenvalue weighted by molar-refractivity contribution is 9.10. The molecule has 0 aliphatic carbocycles. The zero-order valence-corrected chi connectivity index (χ0v) is 15.9. The Morgan fingerprint density at radius 2 is 1.92 bits per heavy atom. The fraction of sp³-hybridized carbons (Fsp3) is 0.278. The molecule has 0 spiro atoms. The van der Waals surface area contributed by atoms with Crippen molar-refractivity contribution in [3.8, 4) is 11.5 Å². The number of amides is 1. The third-order valence-electron chi connectivity index (χ3n) is 3.28. The smallest absolute Gasteiger partial charge is 0.258 e. The molecule has 4 nitrogen and oxygen atoms in total. The first kappa shape index (κ1) is 18.6. The van der Waals surface area contributed by atoms with Crippen LogP contribution in [0.4, 0.5) is 0 Å². The van der Waals surface area contributed by atoms with E-state index < -0.39 is 0 Å². The molecule has 0 unspecified atom stereocenters. The van der Waals surface area contributed by atoms with E-state index in [1.54, 1.807) is 18.2 Å². The zero-order chi connectivity index (χ0) is 17.5. The Morgan fingerprint density at radius 3 is 2.67 bits per heavy atom. The Balaban J connectivity index is 1.70. The summed E-state index contributed by atoms with van der Waals surface area (Å²) in [6.07, 6.45) is 0. The average Bonchev–Trinajstić information content (AvgIpc) is 2.54. The second-order valence-electron chi connectivity index (χ2n) is 5.33. The van der Waals surface area contributed by atoms with E-state index >= 15 is 0 Å². The lowest BCUT2D eigenvalue weighted by Crippen LogP contribution is -2.32. The lowest BCUT2D eigenvalue weighted by atomic mass is 10.1. The minimum Gasteiger partial charge on any atom is -0.491 e. The first-order valence-corrected chi connectivity index (χ1v) is 8.67. The highest BCUT2D eigenvalue weighted by atomic mass is 79.9. The molecular weight excluding hydrogens is 394 g/mol. The summed E-state index contributed by atoms with van der Waals surface area (Å²) < 4.78 is 11.9. The number of rotatable bonds is 7. The quantitative estimate of drug-likeness (QED) is 0.690. The third-order valence-corrected chi connectivity index (χ3v) is 4.07. The molecule has 0 aliphatic rings. The molecule has 128 valence electrons. The fourth-order valence-corrected chi connectivity index (χ4v) is 2.73. The Kier molecular flexibility index (Phi) is 6.94. The van der Waals surface area contributed by atoms with Crippen LogP contribution < -0.4 is 14.8 Å². The molecule has 0 heterocycles. The number of aryl methyl sites for hydroxylation is 2. The van der Waals surface area contributed by atoms with Gasteiger partial charge < -0.3 is 14.8 Å². The van der Waals surface area contributed by atoms with Crippen molar-refractivity contribution in [1.82, 2.24) is 5.32 Å². The minimum absolute atomic E-state index is 0.0924. The SMILES string of the molecule is Cc1ccc(C)c(OCCNC(=O)COc2ccc(Br)cc2Cl)c1. The molecular formula is C18H19BrClNO3. The topological polar surface area (TPSA) is 47.6 Å². The highest BCUT2D eigenvalue weighted by Crippen LogP contribution is 2.27. The number of ether oxygens (including phenoxy) is 2. The van der Waals surface area contributed by atoms with Gasteiger partial charge in [-0.25, -0.2) is 0 Å². The van der Waals surface area contributed by atoms with E-state index in [0.717, 1.165) is 21.3 Å². The van der Waals surface area contributed by atoms with Gasteiger partial charge in [0.2, 0.25) is 0 Å². The van der Waals surface area contributed by atoms with Crippen LogP contribution >= 0.6 is 27.5 Å². The summed E-state index contributed by atoms with van der Waals surface area (Å²) >= 11 is 9.34. The van der Waals surface area contributed by atoms with Crippen LogP contribution in [0.1, 0.15) is 11.1 Å². The first-order valence-electron chi connectivity index (χ1n) is 7.50. The molecule has 2 rings (SSSR count). The van der Waals surface area contributed by atoms with Crippen molar-refractivity contribution in [2.24, 2.45) is 0 Å². The molecule has 2 aromatic carbocycles. The molecule has 0 atom stereocenters. The molecule has 0 aromatic heterocycles. The van der Waals surface area contributed by atoms with Gasteiger partial charge in [-0.05, 0) is 49.2 Å². The Hall–Kier alpha value is -1.72. The number of benzene rings is 2. The van der Waals surface area contributed by atoms with Crippen molar-refractivity contribution >= 4 is 33.4 Å². The number of halogens is 2. The predicted octanol–water partition coefficient (Wildman–Crippen LogP) is 4.29. The zero-order valence-electron chi connectivity index (χ0n) is 13.6. The van der Waals surface area contributed by atoms with E-state index in [1.807, 2.05) is 32.0 Å². The Bertz CT molecular complexity index is 721. The van der Waals surface area contributed by atoms with Crippen LogP contribution in [0.15, 0.2) is 40.9 Å². The third kappa shape index (κ3) is 5.73. The van der Waals surface area contributed by atoms with Gasteiger partial charge >= 0.3 is 0 Å². The molecule has 6 heteroatoms. The molecule has 2 aromatic rings. The van der Waals surface area contributed by atoms with Crippen LogP contribution in [0.5, 0.6) is 11.5 Å². The number of hydrogen-bond donors (Lipinski definition) is 1. The lowest BCUT2D eigenvalue weighted by Gasteiger charge is -2.11. The predicted molar refractivity (Wildman–Crippen MR) is 99.1 cm³/mol. The van der Waals surface area contributed by atoms with Crippen LogP contribution in [0.3, 0.4) is 0 Å². The van der Waals surface area contributed by atoms with Gasteiger partial charge in [-0.3, -0.25) is 4.79 Å². The molecule has 24 heavy (non-hydrogen) atoms. The van der Waals surface area contributed by atoms with Crippen molar-refractivity contribution < 1.29 is 14.3 Å². The maximum Gasteiger partial charge on any atom is 0.258 e. The van der Waals surface area contributed by atoms with E-state index in [0.29, 0.717) is 23.9 Å². The second-order valence-corrected chi connectivity index (χ2v) is 6.65. The van der Waals surface area contributed by atoms with Crippen molar-refractivity contribution in [2.75, 3.05) is 19.8 Å². The van der Waals surface area contributed by atoms with Crippen LogP contribution in [0, 0.1) is 13.8 Å². The molecule has 0 aliphatic heterocycles. The van der Waals surface area contributed by atoms with Crippen LogP contribution in [-0.2, 0) is 4.79 Å². The van der Waals surface area contributed by atoms with Crippen LogP contribution in [0.25, 0.3) is 0 Å². The average molecular weight is 413 g/mol. The van der Waals surface area contributed by atoms with Gasteiger partial charge in [0, 0.05) is 4.47 Å². The molecule has 0 bridgehead atoms. The number of carbonyl (C=O) groups is 1. The summed E-state index contributed by atoms with van der Waals surface area (Å²) in [5, 5.41) is 3.20. The van der Waals surface area contributed by atoms with Gasteiger partial charge in [0.15, 0.2) is 6.61 Å². The lowest BCUT2D eigenvalue weighted by molar-refractivity contribution is -0.123. The summed E-state index contributed by atoms with van der Waals surface area (Å²) in [6, 6.07) is 11.3. The normalized spacial score (nSPS) is 10.3. The van der Waals surface area contributed by atoms with E-state index in [4.69, 9.17) is 21.1 Å². The minimum atomic E-state index is -0.224. The molecule has 0 radical (unpaired) electrons. The van der Waals surface area contributed by atoms with E-state index in [9.17, 15) is 4.79 Å². The number of carbonyl (C=O) groups excluding carboxylic acids is 1. The van der Waals surface area contributed by atoms with Gasteiger partial charge in [-0.1, -0.05) is 39.7 Å². The summed E-state index contributed by atoms with van der Waals surface area (Å²) in [5.74, 6) is 1.09. The van der Waals surface area contributed by atoms with Crippen molar-refractivity contribution in [2.45, 2.75) is 13.8 Å². The van der Waals surface area contributed by atoms with Gasteiger partial charge in [0.25, 0.3) is 5.91 Å². The maximum absolute atomic E-state index is 11.8. The van der Waals surface area contributed by atoms with E-state index in [1.165, 1.54) is 0 Å². The van der Waals surface area contributed by atoms with Crippen molar-refractivity contribution in [3.63, 3.8) is 0 Å². The molecule has 0 saturated heterocycles. The Labute approximate surface area is 155 Å². The Morgan fingerprint density at radius 1 is 1.12 bits per heavy atom. The highest BCUT2D eigenvalue weighted by Gasteiger charge is 2.06. The molecule has 1 N–H and O–H groups in total. The first-order chi connectivity index (χ1) is 11.5. The van der Waals surface area contributed by atoms with Gasteiger partial charge in [-0.15, -0.1) is 0 Å². The molecule has 1 amide bonds. The van der Waals surface area contributed by atoms with Gasteiger partial charge in [0.05, 0.1) is 11.6 Å². The summed E-state index contributed by atoms with van der Waals surface area (Å²) in [6.45, 7) is 4.71. The number of nitrogens with one attached hydrogen (secondary N) is 1. The van der Waals surface area contributed by atoms with E-state index in [-0.39, 0.29) is 12.5 Å². The largest absolute Gasteiger partial charge is 0.491 e. The van der Waals surface area contributed by atoms with Crippen molar-refractivity contribution in [3.05, 3.63) is 57.0 Å². The fourth-order valence-electron chi connectivity index (χ4n) is 2.00. The number of hydrogen-bond acceptors (Lipinski definition) is 3. The molecule has 0 fully saturated rings. The van der Waals surface area contributed by atoms with Crippen LogP contribution in [-0.4, -0.2) is 25.7 Å². The van der Waals surface area contributed by atoms with E-state index in [2.05, 4.69) is 21.2 Å². The van der Waals surface area contributed by atoms with Gasteiger partial charge in [-0.2, -0.15) is 0 Å². The van der Waals surface area contributed by atoms with Gasteiger partial charge in [0.1, 0.15) is 18.1 Å². The maximum atomic E-state index is 11.8. The molecule has 0 saturated carbocycles. The van der Waals surface area contributed by atoms with Crippen LogP contribution in [0.2, 0.25) is 5.02 Å². The summed E-state index contributed by atoms with van der Waals surface area (Å²) in [7, 11) is 0. The standard InChI is InChI=1S/C18H19BrClNO3/c1-12-3-4-13(2)17(9-12)23-8-7-21-18(22)11-24-16-6-5-14(19)10-15(16)20/h3-6,9-10H,7-8,11H2,1-2H3,(H,21,22). The van der Waals surface area contributed by atoms with Crippen molar-refractivity contribution in [1.29, 1.82) is 0 Å².